The summed E-state index contributed by atoms with van der Waals surface area (Å²) >= 11 is 0. The lowest BCUT2D eigenvalue weighted by Crippen LogP contribution is -2.43. The number of carbonyl (C=O) groups excluding carboxylic acids is 1. The van der Waals surface area contributed by atoms with E-state index in [2.05, 4.69) is 0 Å². The van der Waals surface area contributed by atoms with Crippen LogP contribution in [0.4, 0.5) is 5.69 Å². The number of hydrogen-bond acceptors (Lipinski definition) is 2. The monoisotopic (exact) mass is 190 g/mol. The van der Waals surface area contributed by atoms with Crippen LogP contribution >= 0.6 is 0 Å². The van der Waals surface area contributed by atoms with E-state index in [1.165, 1.54) is 0 Å². The number of amides is 1. The van der Waals surface area contributed by atoms with Gasteiger partial charge in [0.1, 0.15) is 0 Å². The Morgan fingerprint density at radius 1 is 1.36 bits per heavy atom. The molecule has 74 valence electrons. The number of anilines is 1. The molecule has 1 aliphatic carbocycles. The Labute approximate surface area is 83.5 Å². The third-order valence-corrected chi connectivity index (χ3v) is 2.66. The second-order valence-electron chi connectivity index (χ2n) is 3.86. The van der Waals surface area contributed by atoms with E-state index in [0.717, 1.165) is 18.5 Å². The van der Waals surface area contributed by atoms with Gasteiger partial charge >= 0.3 is 0 Å². The Morgan fingerprint density at radius 3 is 2.43 bits per heavy atom. The van der Waals surface area contributed by atoms with Gasteiger partial charge in [-0.15, -0.1) is 0 Å². The molecule has 1 amide bonds. The second kappa shape index (κ2) is 3.10. The molecule has 0 saturated heterocycles. The van der Waals surface area contributed by atoms with E-state index in [0.29, 0.717) is 0 Å². The number of rotatable bonds is 2. The highest BCUT2D eigenvalue weighted by molar-refractivity contribution is 6.01. The Hall–Kier alpha value is -1.35. The molecular formula is C11H14N2O. The molecule has 1 aromatic carbocycles. The van der Waals surface area contributed by atoms with Gasteiger partial charge in [0.2, 0.25) is 5.91 Å². The summed E-state index contributed by atoms with van der Waals surface area (Å²) < 4.78 is 0. The molecule has 0 bridgehead atoms. The minimum atomic E-state index is -0.579. The zero-order valence-electron chi connectivity index (χ0n) is 8.23. The molecule has 3 heteroatoms. The molecule has 3 nitrogen and oxygen atoms in total. The molecule has 1 aromatic rings. The van der Waals surface area contributed by atoms with Gasteiger partial charge in [0.25, 0.3) is 0 Å². The first-order valence-electron chi connectivity index (χ1n) is 4.76. The number of hydrogen-bond donors (Lipinski definition) is 1. The fourth-order valence-corrected chi connectivity index (χ4v) is 1.45. The average molecular weight is 190 g/mol. The van der Waals surface area contributed by atoms with Crippen molar-refractivity contribution in [3.63, 3.8) is 0 Å². The normalized spacial score (nSPS) is 17.6. The maximum atomic E-state index is 11.8. The van der Waals surface area contributed by atoms with Crippen LogP contribution in [0.1, 0.15) is 12.8 Å². The Bertz CT molecular complexity index is 344. The van der Waals surface area contributed by atoms with Crippen LogP contribution in [0.3, 0.4) is 0 Å². The highest BCUT2D eigenvalue weighted by atomic mass is 16.2. The van der Waals surface area contributed by atoms with E-state index in [4.69, 9.17) is 5.73 Å². The zero-order valence-corrected chi connectivity index (χ0v) is 8.23. The number of benzene rings is 1. The first-order valence-corrected chi connectivity index (χ1v) is 4.76. The van der Waals surface area contributed by atoms with Gasteiger partial charge in [0.15, 0.2) is 0 Å². The van der Waals surface area contributed by atoms with Crippen molar-refractivity contribution in [2.24, 2.45) is 5.73 Å². The van der Waals surface area contributed by atoms with Gasteiger partial charge in [0, 0.05) is 12.7 Å². The number of carbonyl (C=O) groups is 1. The van der Waals surface area contributed by atoms with Crippen LogP contribution < -0.4 is 10.6 Å². The summed E-state index contributed by atoms with van der Waals surface area (Å²) in [6.45, 7) is 0. The molecule has 0 atom stereocenters. The van der Waals surface area contributed by atoms with Gasteiger partial charge in [-0.3, -0.25) is 4.79 Å². The van der Waals surface area contributed by atoms with Crippen molar-refractivity contribution in [2.75, 3.05) is 11.9 Å². The molecule has 1 fully saturated rings. The lowest BCUT2D eigenvalue weighted by atomic mass is 10.2. The van der Waals surface area contributed by atoms with E-state index >= 15 is 0 Å². The summed E-state index contributed by atoms with van der Waals surface area (Å²) in [5.41, 5.74) is 6.16. The number of para-hydroxylation sites is 1. The third-order valence-electron chi connectivity index (χ3n) is 2.66. The topological polar surface area (TPSA) is 46.3 Å². The summed E-state index contributed by atoms with van der Waals surface area (Å²) in [4.78, 5) is 13.5. The first kappa shape index (κ1) is 9.21. The predicted octanol–water partition coefficient (Wildman–Crippen LogP) is 1.14. The fraction of sp³-hybridized carbons (Fsp3) is 0.364. The number of nitrogens with two attached hydrogens (primary N) is 1. The van der Waals surface area contributed by atoms with E-state index in [9.17, 15) is 4.79 Å². The fourth-order valence-electron chi connectivity index (χ4n) is 1.45. The molecule has 0 unspecified atom stereocenters. The third kappa shape index (κ3) is 1.51. The SMILES string of the molecule is CN(C(=O)C1(N)CC1)c1ccccc1. The molecule has 1 saturated carbocycles. The molecular weight excluding hydrogens is 176 g/mol. The van der Waals surface area contributed by atoms with E-state index < -0.39 is 5.54 Å². The summed E-state index contributed by atoms with van der Waals surface area (Å²) in [6, 6.07) is 9.56. The molecule has 0 aliphatic heterocycles. The van der Waals surface area contributed by atoms with Gasteiger partial charge in [-0.1, -0.05) is 18.2 Å². The summed E-state index contributed by atoms with van der Waals surface area (Å²) in [5, 5.41) is 0. The quantitative estimate of drug-likeness (QED) is 0.760. The number of nitrogens with zero attached hydrogens (tertiary/aromatic N) is 1. The first-order chi connectivity index (χ1) is 6.63. The van der Waals surface area contributed by atoms with Crippen LogP contribution in [0, 0.1) is 0 Å². The Morgan fingerprint density at radius 2 is 1.93 bits per heavy atom. The summed E-state index contributed by atoms with van der Waals surface area (Å²) in [5.74, 6) is 0.0173. The molecule has 1 aliphatic rings. The Balaban J connectivity index is 2.16. The van der Waals surface area contributed by atoms with Crippen molar-refractivity contribution in [1.82, 2.24) is 0 Å². The van der Waals surface area contributed by atoms with Crippen LogP contribution in [0.5, 0.6) is 0 Å². The van der Waals surface area contributed by atoms with E-state index in [-0.39, 0.29) is 5.91 Å². The van der Waals surface area contributed by atoms with Gasteiger partial charge in [-0.2, -0.15) is 0 Å². The number of likely N-dealkylation sites (N-methyl/N-ethyl adjacent to an activating group) is 1. The average Bonchev–Trinajstić information content (AvgIpc) is 2.97. The predicted molar refractivity (Wildman–Crippen MR) is 56.0 cm³/mol. The molecule has 2 N–H and O–H groups in total. The summed E-state index contributed by atoms with van der Waals surface area (Å²) in [6.07, 6.45) is 1.62. The van der Waals surface area contributed by atoms with Crippen LogP contribution in [0.25, 0.3) is 0 Å². The Kier molecular flexibility index (Phi) is 2.04. The van der Waals surface area contributed by atoms with Crippen molar-refractivity contribution in [3.05, 3.63) is 30.3 Å². The van der Waals surface area contributed by atoms with Crippen LogP contribution in [0.2, 0.25) is 0 Å². The van der Waals surface area contributed by atoms with Crippen LogP contribution in [-0.2, 0) is 4.79 Å². The standard InChI is InChI=1S/C11H14N2O/c1-13(9-5-3-2-4-6-9)10(14)11(12)7-8-11/h2-6H,7-8,12H2,1H3. The molecule has 0 spiro atoms. The maximum absolute atomic E-state index is 11.8. The van der Waals surface area contributed by atoms with Crippen molar-refractivity contribution in [1.29, 1.82) is 0 Å². The maximum Gasteiger partial charge on any atom is 0.246 e. The molecule has 2 rings (SSSR count). The lowest BCUT2D eigenvalue weighted by molar-refractivity contribution is -0.120. The van der Waals surface area contributed by atoms with Crippen molar-refractivity contribution in [3.8, 4) is 0 Å². The smallest absolute Gasteiger partial charge is 0.246 e. The largest absolute Gasteiger partial charge is 0.317 e. The molecule has 0 aromatic heterocycles. The molecule has 0 radical (unpaired) electrons. The molecule has 14 heavy (non-hydrogen) atoms. The van der Waals surface area contributed by atoms with Gasteiger partial charge in [-0.05, 0) is 25.0 Å². The van der Waals surface area contributed by atoms with Crippen LogP contribution in [-0.4, -0.2) is 18.5 Å². The van der Waals surface area contributed by atoms with Crippen molar-refractivity contribution < 1.29 is 4.79 Å². The van der Waals surface area contributed by atoms with Gasteiger partial charge in [-0.25, -0.2) is 0 Å². The zero-order chi connectivity index (χ0) is 10.2. The highest BCUT2D eigenvalue weighted by Crippen LogP contribution is 2.34. The lowest BCUT2D eigenvalue weighted by Gasteiger charge is -2.20. The van der Waals surface area contributed by atoms with Crippen LogP contribution in [0.15, 0.2) is 30.3 Å². The minimum absolute atomic E-state index is 0.0173. The second-order valence-corrected chi connectivity index (χ2v) is 3.86. The van der Waals surface area contributed by atoms with Gasteiger partial charge < -0.3 is 10.6 Å². The minimum Gasteiger partial charge on any atom is -0.317 e. The van der Waals surface area contributed by atoms with E-state index in [1.54, 1.807) is 11.9 Å². The van der Waals surface area contributed by atoms with Crippen molar-refractivity contribution in [2.45, 2.75) is 18.4 Å². The van der Waals surface area contributed by atoms with Gasteiger partial charge in [0.05, 0.1) is 5.54 Å². The molecule has 0 heterocycles. The highest BCUT2D eigenvalue weighted by Gasteiger charge is 2.47. The summed E-state index contributed by atoms with van der Waals surface area (Å²) in [7, 11) is 1.77. The van der Waals surface area contributed by atoms with E-state index in [1.807, 2.05) is 30.3 Å². The van der Waals surface area contributed by atoms with Crippen molar-refractivity contribution >= 4 is 11.6 Å².